The Hall–Kier alpha value is -1.38. The van der Waals surface area contributed by atoms with Crippen LogP contribution in [0.15, 0.2) is 39.8 Å². The molecule has 1 aromatic heterocycles. The number of nitrogens with one attached hydrogen (secondary N) is 1. The smallest absolute Gasteiger partial charge is 0.264 e. The van der Waals surface area contributed by atoms with Crippen LogP contribution in [0.3, 0.4) is 0 Å². The molecule has 2 aromatic rings. The fourth-order valence-electron chi connectivity index (χ4n) is 1.38. The van der Waals surface area contributed by atoms with E-state index in [1.165, 1.54) is 12.3 Å². The molecule has 0 saturated heterocycles. The Morgan fingerprint density at radius 2 is 2.05 bits per heavy atom. The summed E-state index contributed by atoms with van der Waals surface area (Å²) in [4.78, 5) is 3.56. The summed E-state index contributed by atoms with van der Waals surface area (Å²) in [6.07, 6.45) is 1.43. The van der Waals surface area contributed by atoms with Gasteiger partial charge in [0.1, 0.15) is 16.5 Å². The second kappa shape index (κ2) is 5.55. The van der Waals surface area contributed by atoms with Gasteiger partial charge in [0, 0.05) is 10.7 Å². The van der Waals surface area contributed by atoms with Gasteiger partial charge in [0.05, 0.1) is 10.7 Å². The minimum Gasteiger partial charge on any atom is -0.396 e. The summed E-state index contributed by atoms with van der Waals surface area (Å²) in [6, 6.07) is 4.88. The SMILES string of the molecule is Nc1cc(S(=O)(=O)Nc2ccc(Br)cn2)c(Cl)cc1F. The standard InChI is InChI=1S/C11H8BrClFN3O2S/c12-6-1-2-11(16-5-6)17-20(18,19)10-4-9(15)8(14)3-7(10)13/h1-5H,15H2,(H,16,17). The van der Waals surface area contributed by atoms with Gasteiger partial charge in [0.25, 0.3) is 10.0 Å². The van der Waals surface area contributed by atoms with E-state index in [1.807, 2.05) is 0 Å². The van der Waals surface area contributed by atoms with Crippen LogP contribution in [0, 0.1) is 5.82 Å². The molecule has 5 nitrogen and oxygen atoms in total. The monoisotopic (exact) mass is 379 g/mol. The Bertz CT molecular complexity index is 753. The van der Waals surface area contributed by atoms with Gasteiger partial charge in [-0.2, -0.15) is 0 Å². The third kappa shape index (κ3) is 3.20. The molecule has 0 saturated carbocycles. The zero-order valence-corrected chi connectivity index (χ0v) is 12.9. The second-order valence-electron chi connectivity index (χ2n) is 3.77. The van der Waals surface area contributed by atoms with Crippen LogP contribution in [0.2, 0.25) is 5.02 Å². The summed E-state index contributed by atoms with van der Waals surface area (Å²) >= 11 is 8.91. The fourth-order valence-corrected chi connectivity index (χ4v) is 3.17. The van der Waals surface area contributed by atoms with E-state index in [9.17, 15) is 12.8 Å². The van der Waals surface area contributed by atoms with Crippen LogP contribution in [-0.2, 0) is 10.0 Å². The Morgan fingerprint density at radius 1 is 1.35 bits per heavy atom. The van der Waals surface area contributed by atoms with Gasteiger partial charge in [-0.25, -0.2) is 17.8 Å². The number of pyridine rings is 1. The van der Waals surface area contributed by atoms with E-state index in [-0.39, 0.29) is 21.4 Å². The lowest BCUT2D eigenvalue weighted by Gasteiger charge is -2.10. The number of aromatic nitrogens is 1. The highest BCUT2D eigenvalue weighted by Gasteiger charge is 2.20. The average molecular weight is 381 g/mol. The van der Waals surface area contributed by atoms with Gasteiger partial charge in [0.15, 0.2) is 0 Å². The fraction of sp³-hybridized carbons (Fsp3) is 0. The largest absolute Gasteiger partial charge is 0.396 e. The number of nitrogen functional groups attached to an aromatic ring is 1. The lowest BCUT2D eigenvalue weighted by Crippen LogP contribution is -2.15. The van der Waals surface area contributed by atoms with Crippen molar-refractivity contribution in [3.05, 3.63) is 45.8 Å². The number of sulfonamides is 1. The average Bonchev–Trinajstić information content (AvgIpc) is 2.36. The van der Waals surface area contributed by atoms with Crippen LogP contribution in [0.1, 0.15) is 0 Å². The Labute approximate surface area is 128 Å². The molecule has 106 valence electrons. The topological polar surface area (TPSA) is 85.1 Å². The highest BCUT2D eigenvalue weighted by molar-refractivity contribution is 9.10. The van der Waals surface area contributed by atoms with E-state index in [0.717, 1.165) is 12.1 Å². The quantitative estimate of drug-likeness (QED) is 0.802. The molecule has 9 heteroatoms. The summed E-state index contributed by atoms with van der Waals surface area (Å²) in [5, 5.41) is -0.263. The molecule has 0 aliphatic carbocycles. The molecule has 0 spiro atoms. The van der Waals surface area contributed by atoms with Gasteiger partial charge in [0.2, 0.25) is 0 Å². The molecule has 1 heterocycles. The van der Waals surface area contributed by atoms with Gasteiger partial charge < -0.3 is 5.73 Å². The molecule has 1 aromatic carbocycles. The number of benzene rings is 1. The Morgan fingerprint density at radius 3 is 2.65 bits per heavy atom. The third-order valence-corrected chi connectivity index (χ3v) is 4.60. The van der Waals surface area contributed by atoms with Crippen molar-refractivity contribution in [2.45, 2.75) is 4.90 Å². The number of hydrogen-bond donors (Lipinski definition) is 2. The first kappa shape index (κ1) is 15.0. The van der Waals surface area contributed by atoms with Crippen LogP contribution in [-0.4, -0.2) is 13.4 Å². The zero-order chi connectivity index (χ0) is 14.9. The predicted octanol–water partition coefficient (Wildman–Crippen LogP) is 3.02. The molecule has 0 radical (unpaired) electrons. The summed E-state index contributed by atoms with van der Waals surface area (Å²) in [6.45, 7) is 0. The van der Waals surface area contributed by atoms with E-state index in [0.29, 0.717) is 4.47 Å². The molecular weight excluding hydrogens is 373 g/mol. The summed E-state index contributed by atoms with van der Waals surface area (Å²) < 4.78 is 40.4. The third-order valence-electron chi connectivity index (χ3n) is 2.31. The van der Waals surface area contributed by atoms with Crippen molar-refractivity contribution in [1.29, 1.82) is 0 Å². The zero-order valence-electron chi connectivity index (χ0n) is 9.77. The molecular formula is C11H8BrClFN3O2S. The second-order valence-corrected chi connectivity index (χ2v) is 6.74. The Kier molecular flexibility index (Phi) is 4.17. The number of rotatable bonds is 3. The van der Waals surface area contributed by atoms with Crippen LogP contribution >= 0.6 is 27.5 Å². The minimum atomic E-state index is -4.00. The van der Waals surface area contributed by atoms with Crippen molar-refractivity contribution < 1.29 is 12.8 Å². The van der Waals surface area contributed by atoms with Crippen molar-refractivity contribution >= 4 is 49.1 Å². The summed E-state index contributed by atoms with van der Waals surface area (Å²) in [7, 11) is -4.00. The number of nitrogens with zero attached hydrogens (tertiary/aromatic N) is 1. The molecule has 3 N–H and O–H groups in total. The van der Waals surface area contributed by atoms with Crippen LogP contribution in [0.5, 0.6) is 0 Å². The van der Waals surface area contributed by atoms with Gasteiger partial charge in [-0.15, -0.1) is 0 Å². The van der Waals surface area contributed by atoms with E-state index < -0.39 is 15.8 Å². The molecule has 0 atom stereocenters. The maximum Gasteiger partial charge on any atom is 0.264 e. The maximum atomic E-state index is 13.2. The van der Waals surface area contributed by atoms with Crippen LogP contribution < -0.4 is 10.5 Å². The number of halogens is 3. The minimum absolute atomic E-state index is 0.104. The van der Waals surface area contributed by atoms with Crippen molar-refractivity contribution in [3.8, 4) is 0 Å². The molecule has 0 unspecified atom stereocenters. The van der Waals surface area contributed by atoms with Crippen molar-refractivity contribution in [3.63, 3.8) is 0 Å². The lowest BCUT2D eigenvalue weighted by molar-refractivity contribution is 0.600. The first-order valence-corrected chi connectivity index (χ1v) is 7.84. The molecule has 0 aliphatic rings. The van der Waals surface area contributed by atoms with Crippen molar-refractivity contribution in [1.82, 2.24) is 4.98 Å². The first-order chi connectivity index (χ1) is 9.29. The molecule has 0 amide bonds. The maximum absolute atomic E-state index is 13.2. The van der Waals surface area contributed by atoms with Crippen molar-refractivity contribution in [2.75, 3.05) is 10.5 Å². The number of hydrogen-bond acceptors (Lipinski definition) is 4. The summed E-state index contributed by atoms with van der Waals surface area (Å²) in [5.41, 5.74) is 5.04. The van der Waals surface area contributed by atoms with Crippen LogP contribution in [0.25, 0.3) is 0 Å². The van der Waals surface area contributed by atoms with E-state index >= 15 is 0 Å². The number of nitrogens with two attached hydrogens (primary N) is 1. The predicted molar refractivity (Wildman–Crippen MR) is 78.6 cm³/mol. The molecule has 0 fully saturated rings. The van der Waals surface area contributed by atoms with E-state index in [1.54, 1.807) is 6.07 Å². The molecule has 0 bridgehead atoms. The molecule has 2 rings (SSSR count). The van der Waals surface area contributed by atoms with E-state index in [2.05, 4.69) is 25.6 Å². The first-order valence-electron chi connectivity index (χ1n) is 5.18. The normalized spacial score (nSPS) is 11.3. The highest BCUT2D eigenvalue weighted by Crippen LogP contribution is 2.27. The van der Waals surface area contributed by atoms with Gasteiger partial charge >= 0.3 is 0 Å². The van der Waals surface area contributed by atoms with E-state index in [4.69, 9.17) is 17.3 Å². The molecule has 0 aliphatic heterocycles. The molecule has 20 heavy (non-hydrogen) atoms. The van der Waals surface area contributed by atoms with Gasteiger partial charge in [-0.1, -0.05) is 11.6 Å². The lowest BCUT2D eigenvalue weighted by atomic mass is 10.3. The highest BCUT2D eigenvalue weighted by atomic mass is 79.9. The van der Waals surface area contributed by atoms with Gasteiger partial charge in [-0.05, 0) is 40.2 Å². The van der Waals surface area contributed by atoms with Crippen LogP contribution in [0.4, 0.5) is 15.9 Å². The summed E-state index contributed by atoms with van der Waals surface area (Å²) in [5.74, 6) is -0.678. The Balaban J connectivity index is 2.40. The van der Waals surface area contributed by atoms with Crippen molar-refractivity contribution in [2.24, 2.45) is 0 Å². The van der Waals surface area contributed by atoms with Gasteiger partial charge in [-0.3, -0.25) is 4.72 Å². The number of anilines is 2.